The Hall–Kier alpha value is -2.29. The lowest BCUT2D eigenvalue weighted by Gasteiger charge is -2.09. The molecule has 0 amide bonds. The van der Waals surface area contributed by atoms with Gasteiger partial charge in [-0.05, 0) is 23.3 Å². The molecule has 0 aliphatic carbocycles. The highest BCUT2D eigenvalue weighted by atomic mass is 16.3. The fourth-order valence-electron chi connectivity index (χ4n) is 2.15. The fraction of sp³-hybridized carbons (Fsp3) is 0.133. The highest BCUT2D eigenvalue weighted by molar-refractivity contribution is 6.01. The minimum atomic E-state index is 0.195. The Labute approximate surface area is 106 Å². The molecule has 0 saturated carbocycles. The van der Waals surface area contributed by atoms with Gasteiger partial charge in [-0.2, -0.15) is 5.10 Å². The van der Waals surface area contributed by atoms with Crippen molar-refractivity contribution in [3.8, 4) is 5.75 Å². The molecule has 3 heteroatoms. The number of phenols is 1. The van der Waals surface area contributed by atoms with E-state index in [1.807, 2.05) is 30.3 Å². The van der Waals surface area contributed by atoms with Gasteiger partial charge in [-0.3, -0.25) is 0 Å². The Bertz CT molecular complexity index is 561. The molecule has 0 saturated heterocycles. The molecule has 1 unspecified atom stereocenters. The average molecular weight is 238 g/mol. The summed E-state index contributed by atoms with van der Waals surface area (Å²) in [5, 5.41) is 13.7. The number of hydrazone groups is 1. The Kier molecular flexibility index (Phi) is 2.73. The van der Waals surface area contributed by atoms with Crippen molar-refractivity contribution in [3.63, 3.8) is 0 Å². The summed E-state index contributed by atoms with van der Waals surface area (Å²) < 4.78 is 0. The number of nitrogens with zero attached hydrogens (tertiary/aromatic N) is 1. The molecule has 2 aromatic carbocycles. The van der Waals surface area contributed by atoms with Gasteiger partial charge in [0.1, 0.15) is 5.75 Å². The first-order chi connectivity index (χ1) is 8.83. The Balaban J connectivity index is 1.76. The first kappa shape index (κ1) is 10.8. The van der Waals surface area contributed by atoms with E-state index in [-0.39, 0.29) is 6.04 Å². The lowest BCUT2D eigenvalue weighted by atomic mass is 9.99. The first-order valence-corrected chi connectivity index (χ1v) is 5.99. The van der Waals surface area contributed by atoms with Crippen molar-refractivity contribution in [2.75, 3.05) is 0 Å². The maximum atomic E-state index is 9.28. The molecule has 0 bridgehead atoms. The maximum Gasteiger partial charge on any atom is 0.115 e. The zero-order chi connectivity index (χ0) is 12.4. The van der Waals surface area contributed by atoms with Gasteiger partial charge in [-0.25, -0.2) is 0 Å². The SMILES string of the molecule is Oc1ccc(C2CC(c3ccccc3)=NN2)cc1. The monoisotopic (exact) mass is 238 g/mol. The van der Waals surface area contributed by atoms with Gasteiger partial charge < -0.3 is 10.5 Å². The van der Waals surface area contributed by atoms with Crippen molar-refractivity contribution in [3.05, 3.63) is 65.7 Å². The molecule has 3 nitrogen and oxygen atoms in total. The van der Waals surface area contributed by atoms with Gasteiger partial charge in [0.05, 0.1) is 11.8 Å². The van der Waals surface area contributed by atoms with Crippen LogP contribution in [0.2, 0.25) is 0 Å². The quantitative estimate of drug-likeness (QED) is 0.845. The van der Waals surface area contributed by atoms with Gasteiger partial charge in [-0.1, -0.05) is 42.5 Å². The third kappa shape index (κ3) is 2.07. The van der Waals surface area contributed by atoms with Gasteiger partial charge >= 0.3 is 0 Å². The third-order valence-electron chi connectivity index (χ3n) is 3.16. The first-order valence-electron chi connectivity index (χ1n) is 5.99. The van der Waals surface area contributed by atoms with Crippen molar-refractivity contribution < 1.29 is 5.11 Å². The number of nitrogens with one attached hydrogen (secondary N) is 1. The molecule has 2 N–H and O–H groups in total. The smallest absolute Gasteiger partial charge is 0.115 e. The summed E-state index contributed by atoms with van der Waals surface area (Å²) in [4.78, 5) is 0. The van der Waals surface area contributed by atoms with E-state index in [4.69, 9.17) is 0 Å². The molecule has 1 atom stereocenters. The minimum Gasteiger partial charge on any atom is -0.508 e. The Morgan fingerprint density at radius 3 is 2.44 bits per heavy atom. The molecule has 90 valence electrons. The van der Waals surface area contributed by atoms with Gasteiger partial charge in [0, 0.05) is 6.42 Å². The van der Waals surface area contributed by atoms with Gasteiger partial charge in [-0.15, -0.1) is 0 Å². The molecular formula is C15H14N2O. The lowest BCUT2D eigenvalue weighted by Crippen LogP contribution is -2.09. The van der Waals surface area contributed by atoms with Crippen LogP contribution in [0.1, 0.15) is 23.6 Å². The summed E-state index contributed by atoms with van der Waals surface area (Å²) in [7, 11) is 0. The summed E-state index contributed by atoms with van der Waals surface area (Å²) in [6.07, 6.45) is 0.870. The Morgan fingerprint density at radius 1 is 1.00 bits per heavy atom. The van der Waals surface area contributed by atoms with Crippen LogP contribution >= 0.6 is 0 Å². The van der Waals surface area contributed by atoms with E-state index in [1.165, 1.54) is 0 Å². The van der Waals surface area contributed by atoms with Gasteiger partial charge in [0.25, 0.3) is 0 Å². The second-order valence-corrected chi connectivity index (χ2v) is 4.40. The number of aromatic hydroxyl groups is 1. The minimum absolute atomic E-state index is 0.195. The van der Waals surface area contributed by atoms with E-state index in [0.29, 0.717) is 5.75 Å². The van der Waals surface area contributed by atoms with Crippen LogP contribution in [-0.4, -0.2) is 10.8 Å². The highest BCUT2D eigenvalue weighted by Gasteiger charge is 2.20. The molecule has 18 heavy (non-hydrogen) atoms. The number of rotatable bonds is 2. The maximum absolute atomic E-state index is 9.28. The third-order valence-corrected chi connectivity index (χ3v) is 3.16. The predicted octanol–water partition coefficient (Wildman–Crippen LogP) is 2.83. The number of hydrogen-bond acceptors (Lipinski definition) is 3. The summed E-state index contributed by atoms with van der Waals surface area (Å²) in [5.74, 6) is 0.293. The van der Waals surface area contributed by atoms with E-state index in [0.717, 1.165) is 23.3 Å². The van der Waals surface area contributed by atoms with Crippen LogP contribution in [0.25, 0.3) is 0 Å². The summed E-state index contributed by atoms with van der Waals surface area (Å²) in [6, 6.07) is 17.6. The predicted molar refractivity (Wildman–Crippen MR) is 71.6 cm³/mol. The van der Waals surface area contributed by atoms with E-state index in [1.54, 1.807) is 12.1 Å². The summed E-state index contributed by atoms with van der Waals surface area (Å²) >= 11 is 0. The molecule has 0 fully saturated rings. The Morgan fingerprint density at radius 2 is 1.72 bits per heavy atom. The fourth-order valence-corrected chi connectivity index (χ4v) is 2.15. The van der Waals surface area contributed by atoms with Crippen LogP contribution in [0.3, 0.4) is 0 Å². The lowest BCUT2D eigenvalue weighted by molar-refractivity contribution is 0.474. The zero-order valence-electron chi connectivity index (χ0n) is 9.88. The van der Waals surface area contributed by atoms with Crippen LogP contribution in [0.15, 0.2) is 59.7 Å². The standard InChI is InChI=1S/C15H14N2O/c18-13-8-6-12(7-9-13)15-10-14(16-17-15)11-4-2-1-3-5-11/h1-9,15,17-18H,10H2. The molecule has 1 aliphatic rings. The molecule has 1 heterocycles. The van der Waals surface area contributed by atoms with Crippen molar-refractivity contribution in [2.45, 2.75) is 12.5 Å². The van der Waals surface area contributed by atoms with Gasteiger partial charge in [0.15, 0.2) is 0 Å². The number of hydrogen-bond donors (Lipinski definition) is 2. The van der Waals surface area contributed by atoms with Crippen LogP contribution < -0.4 is 5.43 Å². The molecule has 2 aromatic rings. The van der Waals surface area contributed by atoms with Crippen LogP contribution in [0.4, 0.5) is 0 Å². The summed E-state index contributed by atoms with van der Waals surface area (Å²) in [6.45, 7) is 0. The number of benzene rings is 2. The normalized spacial score (nSPS) is 18.2. The topological polar surface area (TPSA) is 44.6 Å². The van der Waals surface area contributed by atoms with Crippen LogP contribution in [0, 0.1) is 0 Å². The van der Waals surface area contributed by atoms with Crippen molar-refractivity contribution in [2.24, 2.45) is 5.10 Å². The molecule has 0 spiro atoms. The van der Waals surface area contributed by atoms with E-state index >= 15 is 0 Å². The second-order valence-electron chi connectivity index (χ2n) is 4.40. The van der Waals surface area contributed by atoms with Crippen molar-refractivity contribution >= 4 is 5.71 Å². The second kappa shape index (κ2) is 4.53. The van der Waals surface area contributed by atoms with Gasteiger partial charge in [0.2, 0.25) is 0 Å². The molecule has 3 rings (SSSR count). The van der Waals surface area contributed by atoms with E-state index in [2.05, 4.69) is 22.7 Å². The van der Waals surface area contributed by atoms with E-state index < -0.39 is 0 Å². The molecule has 0 radical (unpaired) electrons. The highest BCUT2D eigenvalue weighted by Crippen LogP contribution is 2.25. The average Bonchev–Trinajstić information content (AvgIpc) is 2.90. The summed E-state index contributed by atoms with van der Waals surface area (Å²) in [5.41, 5.74) is 6.52. The number of phenolic OH excluding ortho intramolecular Hbond substituents is 1. The molecule has 1 aliphatic heterocycles. The van der Waals surface area contributed by atoms with Crippen LogP contribution in [-0.2, 0) is 0 Å². The van der Waals surface area contributed by atoms with Crippen LogP contribution in [0.5, 0.6) is 5.75 Å². The van der Waals surface area contributed by atoms with Crippen molar-refractivity contribution in [1.82, 2.24) is 5.43 Å². The molecule has 0 aromatic heterocycles. The zero-order valence-corrected chi connectivity index (χ0v) is 9.88. The van der Waals surface area contributed by atoms with Crippen molar-refractivity contribution in [1.29, 1.82) is 0 Å². The van der Waals surface area contributed by atoms with E-state index in [9.17, 15) is 5.11 Å². The molecular weight excluding hydrogens is 224 g/mol. The largest absolute Gasteiger partial charge is 0.508 e.